The summed E-state index contributed by atoms with van der Waals surface area (Å²) in [6.07, 6.45) is 1.42. The third kappa shape index (κ3) is 2.64. The van der Waals surface area contributed by atoms with Crippen molar-refractivity contribution in [1.82, 2.24) is 15.3 Å². The number of hydrogen-bond acceptors (Lipinski definition) is 2. The van der Waals surface area contributed by atoms with E-state index in [0.29, 0.717) is 6.42 Å². The highest BCUT2D eigenvalue weighted by Gasteiger charge is 2.12. The van der Waals surface area contributed by atoms with Gasteiger partial charge >= 0.3 is 0 Å². The van der Waals surface area contributed by atoms with E-state index in [0.717, 1.165) is 23.3 Å². The average Bonchev–Trinajstić information content (AvgIpc) is 2.72. The fourth-order valence-corrected chi connectivity index (χ4v) is 1.79. The van der Waals surface area contributed by atoms with Crippen molar-refractivity contribution < 1.29 is 4.79 Å². The summed E-state index contributed by atoms with van der Waals surface area (Å²) in [5, 5.41) is 2.93. The van der Waals surface area contributed by atoms with E-state index in [9.17, 15) is 4.79 Å². The Kier molecular flexibility index (Phi) is 3.42. The number of H-pyrrole nitrogens is 1. The Hall–Kier alpha value is -1.84. The number of nitrogens with zero attached hydrogens (tertiary/aromatic N) is 1. The molecule has 0 fully saturated rings. The highest BCUT2D eigenvalue weighted by atomic mass is 16.1. The van der Waals surface area contributed by atoms with Crippen molar-refractivity contribution >= 4 is 16.9 Å². The Morgan fingerprint density at radius 3 is 2.94 bits per heavy atom. The largest absolute Gasteiger partial charge is 0.346 e. The minimum absolute atomic E-state index is 0.0699. The minimum atomic E-state index is -0.0820. The SMILES string of the molecule is CCCC(=O)N[C@H](C)c1nc2ccccc2[nH]1. The molecule has 0 aliphatic heterocycles. The van der Waals surface area contributed by atoms with E-state index in [-0.39, 0.29) is 11.9 Å². The Bertz CT molecular complexity index is 485. The molecule has 1 atom stereocenters. The summed E-state index contributed by atoms with van der Waals surface area (Å²) in [5.74, 6) is 0.871. The zero-order valence-corrected chi connectivity index (χ0v) is 10.2. The van der Waals surface area contributed by atoms with E-state index in [1.807, 2.05) is 38.1 Å². The van der Waals surface area contributed by atoms with E-state index >= 15 is 0 Å². The van der Waals surface area contributed by atoms with Gasteiger partial charge in [-0.15, -0.1) is 0 Å². The van der Waals surface area contributed by atoms with Crippen molar-refractivity contribution in [1.29, 1.82) is 0 Å². The number of imidazole rings is 1. The number of fused-ring (bicyclic) bond motifs is 1. The second-order valence-electron chi connectivity index (χ2n) is 4.18. The number of para-hydroxylation sites is 2. The maximum Gasteiger partial charge on any atom is 0.220 e. The zero-order chi connectivity index (χ0) is 12.3. The van der Waals surface area contributed by atoms with Crippen molar-refractivity contribution in [2.24, 2.45) is 0 Å². The maximum atomic E-state index is 11.5. The van der Waals surface area contributed by atoms with Crippen LogP contribution in [0.5, 0.6) is 0 Å². The number of nitrogens with one attached hydrogen (secondary N) is 2. The van der Waals surface area contributed by atoms with Crippen LogP contribution in [0.4, 0.5) is 0 Å². The topological polar surface area (TPSA) is 57.8 Å². The molecule has 4 heteroatoms. The number of amides is 1. The van der Waals surface area contributed by atoms with Crippen LogP contribution >= 0.6 is 0 Å². The maximum absolute atomic E-state index is 11.5. The lowest BCUT2D eigenvalue weighted by atomic mass is 10.2. The predicted octanol–water partition coefficient (Wildman–Crippen LogP) is 2.54. The van der Waals surface area contributed by atoms with Crippen LogP contribution in [0.3, 0.4) is 0 Å². The summed E-state index contributed by atoms with van der Waals surface area (Å²) in [7, 11) is 0. The summed E-state index contributed by atoms with van der Waals surface area (Å²) >= 11 is 0. The van der Waals surface area contributed by atoms with E-state index in [1.54, 1.807) is 0 Å². The number of carbonyl (C=O) groups excluding carboxylic acids is 1. The molecule has 90 valence electrons. The smallest absolute Gasteiger partial charge is 0.220 e. The molecule has 0 bridgehead atoms. The number of aromatic nitrogens is 2. The van der Waals surface area contributed by atoms with Crippen LogP contribution in [0.2, 0.25) is 0 Å². The van der Waals surface area contributed by atoms with Crippen LogP contribution in [-0.4, -0.2) is 15.9 Å². The summed E-state index contributed by atoms with van der Waals surface area (Å²) in [6.45, 7) is 3.93. The fraction of sp³-hybridized carbons (Fsp3) is 0.385. The number of carbonyl (C=O) groups is 1. The predicted molar refractivity (Wildman–Crippen MR) is 67.6 cm³/mol. The van der Waals surface area contributed by atoms with Crippen molar-refractivity contribution in [3.8, 4) is 0 Å². The molecule has 1 amide bonds. The van der Waals surface area contributed by atoms with E-state index in [1.165, 1.54) is 0 Å². The van der Waals surface area contributed by atoms with Gasteiger partial charge in [-0.3, -0.25) is 4.79 Å². The van der Waals surface area contributed by atoms with Gasteiger partial charge in [0.05, 0.1) is 17.1 Å². The minimum Gasteiger partial charge on any atom is -0.346 e. The lowest BCUT2D eigenvalue weighted by Crippen LogP contribution is -2.26. The van der Waals surface area contributed by atoms with Gasteiger partial charge in [-0.05, 0) is 25.5 Å². The van der Waals surface area contributed by atoms with Crippen LogP contribution in [0.15, 0.2) is 24.3 Å². The first kappa shape index (κ1) is 11.6. The Labute approximate surface area is 100 Å². The third-order valence-electron chi connectivity index (χ3n) is 2.67. The molecule has 2 aromatic rings. The molecule has 1 heterocycles. The fourth-order valence-electron chi connectivity index (χ4n) is 1.79. The molecule has 1 aromatic carbocycles. The molecule has 2 N–H and O–H groups in total. The number of rotatable bonds is 4. The molecule has 0 unspecified atom stereocenters. The monoisotopic (exact) mass is 231 g/mol. The summed E-state index contributed by atoms with van der Waals surface area (Å²) in [6, 6.07) is 7.77. The molecule has 0 radical (unpaired) electrons. The molecule has 0 aliphatic rings. The van der Waals surface area contributed by atoms with Gasteiger partial charge in [0.2, 0.25) is 5.91 Å². The second kappa shape index (κ2) is 4.99. The Morgan fingerprint density at radius 1 is 1.47 bits per heavy atom. The van der Waals surface area contributed by atoms with E-state index in [2.05, 4.69) is 15.3 Å². The van der Waals surface area contributed by atoms with Gasteiger partial charge in [-0.25, -0.2) is 4.98 Å². The number of benzene rings is 1. The van der Waals surface area contributed by atoms with Crippen molar-refractivity contribution in [3.63, 3.8) is 0 Å². The summed E-state index contributed by atoms with van der Waals surface area (Å²) in [5.41, 5.74) is 1.93. The first-order chi connectivity index (χ1) is 8.20. The van der Waals surface area contributed by atoms with Gasteiger partial charge in [-0.1, -0.05) is 19.1 Å². The third-order valence-corrected chi connectivity index (χ3v) is 2.67. The summed E-state index contributed by atoms with van der Waals surface area (Å²) in [4.78, 5) is 19.2. The van der Waals surface area contributed by atoms with E-state index < -0.39 is 0 Å². The molecule has 0 saturated carbocycles. The molecular formula is C13H17N3O. The van der Waals surface area contributed by atoms with Crippen molar-refractivity contribution in [2.75, 3.05) is 0 Å². The van der Waals surface area contributed by atoms with Crippen LogP contribution in [0.25, 0.3) is 11.0 Å². The highest BCUT2D eigenvalue weighted by Crippen LogP contribution is 2.15. The molecule has 1 aromatic heterocycles. The lowest BCUT2D eigenvalue weighted by Gasteiger charge is -2.10. The van der Waals surface area contributed by atoms with Gasteiger partial charge in [-0.2, -0.15) is 0 Å². The summed E-state index contributed by atoms with van der Waals surface area (Å²) < 4.78 is 0. The molecule has 0 aliphatic carbocycles. The van der Waals surface area contributed by atoms with Gasteiger partial charge in [0.15, 0.2) is 0 Å². The zero-order valence-electron chi connectivity index (χ0n) is 10.2. The van der Waals surface area contributed by atoms with Crippen LogP contribution in [-0.2, 0) is 4.79 Å². The van der Waals surface area contributed by atoms with Crippen LogP contribution in [0.1, 0.15) is 38.6 Å². The van der Waals surface area contributed by atoms with Gasteiger partial charge < -0.3 is 10.3 Å². The molecule has 0 spiro atoms. The molecule has 2 rings (SSSR count). The van der Waals surface area contributed by atoms with Crippen LogP contribution < -0.4 is 5.32 Å². The van der Waals surface area contributed by atoms with Gasteiger partial charge in [0.1, 0.15) is 5.82 Å². The van der Waals surface area contributed by atoms with Gasteiger partial charge in [0.25, 0.3) is 0 Å². The Morgan fingerprint density at radius 2 is 2.24 bits per heavy atom. The standard InChI is InChI=1S/C13H17N3O/c1-3-6-12(17)14-9(2)13-15-10-7-4-5-8-11(10)16-13/h4-5,7-9H,3,6H2,1-2H3,(H,14,17)(H,15,16)/t9-/m1/s1. The second-order valence-corrected chi connectivity index (χ2v) is 4.18. The molecular weight excluding hydrogens is 214 g/mol. The molecule has 0 saturated heterocycles. The number of hydrogen-bond donors (Lipinski definition) is 2. The first-order valence-electron chi connectivity index (χ1n) is 5.94. The van der Waals surface area contributed by atoms with E-state index in [4.69, 9.17) is 0 Å². The first-order valence-corrected chi connectivity index (χ1v) is 5.94. The van der Waals surface area contributed by atoms with Crippen molar-refractivity contribution in [3.05, 3.63) is 30.1 Å². The lowest BCUT2D eigenvalue weighted by molar-refractivity contribution is -0.121. The molecule has 17 heavy (non-hydrogen) atoms. The number of aromatic amines is 1. The average molecular weight is 231 g/mol. The van der Waals surface area contributed by atoms with Crippen LogP contribution in [0, 0.1) is 0 Å². The Balaban J connectivity index is 2.13. The quantitative estimate of drug-likeness (QED) is 0.849. The van der Waals surface area contributed by atoms with Gasteiger partial charge in [0, 0.05) is 6.42 Å². The normalized spacial score (nSPS) is 12.6. The van der Waals surface area contributed by atoms with Crippen molar-refractivity contribution in [2.45, 2.75) is 32.7 Å². The highest BCUT2D eigenvalue weighted by molar-refractivity contribution is 5.77. The molecule has 4 nitrogen and oxygen atoms in total.